The molecule has 1 saturated carbocycles. The minimum Gasteiger partial charge on any atom is -0.493 e. The lowest BCUT2D eigenvalue weighted by molar-refractivity contribution is 0.258. The standard InChI is InChI=1S/C15H20N4O3S/c1-11-6-7-13(22-2)15(17-11)18-23(20,21)14-8-9-16-19(14)10-12-4-3-5-12/h6-9,12H,3-5,10H2,1-2H3,(H,17,18). The number of ether oxygens (including phenoxy) is 1. The molecule has 1 aliphatic rings. The van der Waals surface area contributed by atoms with Gasteiger partial charge in [0, 0.05) is 12.2 Å². The molecular formula is C15H20N4O3S. The fourth-order valence-corrected chi connectivity index (χ4v) is 3.71. The van der Waals surface area contributed by atoms with Gasteiger partial charge in [0.15, 0.2) is 16.6 Å². The van der Waals surface area contributed by atoms with Gasteiger partial charge in [-0.05, 0) is 43.9 Å². The van der Waals surface area contributed by atoms with Crippen LogP contribution in [0.1, 0.15) is 25.0 Å². The van der Waals surface area contributed by atoms with Gasteiger partial charge in [-0.2, -0.15) is 13.5 Å². The highest BCUT2D eigenvalue weighted by molar-refractivity contribution is 7.92. The molecule has 1 N–H and O–H groups in total. The molecule has 0 saturated heterocycles. The van der Waals surface area contributed by atoms with Gasteiger partial charge in [-0.15, -0.1) is 0 Å². The van der Waals surface area contributed by atoms with Crippen molar-refractivity contribution in [2.75, 3.05) is 11.8 Å². The minimum absolute atomic E-state index is 0.148. The Balaban J connectivity index is 1.87. The van der Waals surface area contributed by atoms with Crippen LogP contribution in [0.3, 0.4) is 0 Å². The molecule has 2 aromatic heterocycles. The van der Waals surface area contributed by atoms with Gasteiger partial charge in [0.1, 0.15) is 0 Å². The van der Waals surface area contributed by atoms with E-state index in [1.807, 2.05) is 0 Å². The van der Waals surface area contributed by atoms with Crippen molar-refractivity contribution in [2.45, 2.75) is 37.8 Å². The van der Waals surface area contributed by atoms with Crippen LogP contribution in [0.15, 0.2) is 29.4 Å². The molecule has 0 amide bonds. The largest absolute Gasteiger partial charge is 0.493 e. The van der Waals surface area contributed by atoms with Crippen LogP contribution in [0, 0.1) is 12.8 Å². The third-order valence-electron chi connectivity index (χ3n) is 4.06. The summed E-state index contributed by atoms with van der Waals surface area (Å²) in [5.41, 5.74) is 0.700. The SMILES string of the molecule is COc1ccc(C)nc1NS(=O)(=O)c1ccnn1CC1CCC1. The number of nitrogens with zero attached hydrogens (tertiary/aromatic N) is 3. The molecule has 0 aromatic carbocycles. The lowest BCUT2D eigenvalue weighted by Crippen LogP contribution is -2.24. The van der Waals surface area contributed by atoms with Gasteiger partial charge in [0.2, 0.25) is 0 Å². The zero-order valence-electron chi connectivity index (χ0n) is 13.2. The highest BCUT2D eigenvalue weighted by Gasteiger charge is 2.25. The predicted octanol–water partition coefficient (Wildman–Crippen LogP) is 2.20. The maximum Gasteiger partial charge on any atom is 0.280 e. The molecule has 0 bridgehead atoms. The van der Waals surface area contributed by atoms with Gasteiger partial charge < -0.3 is 4.74 Å². The van der Waals surface area contributed by atoms with E-state index in [0.29, 0.717) is 23.9 Å². The average molecular weight is 336 g/mol. The Morgan fingerprint density at radius 3 is 2.78 bits per heavy atom. The van der Waals surface area contributed by atoms with Gasteiger partial charge in [-0.3, -0.25) is 9.40 Å². The highest BCUT2D eigenvalue weighted by atomic mass is 32.2. The summed E-state index contributed by atoms with van der Waals surface area (Å²) >= 11 is 0. The number of sulfonamides is 1. The van der Waals surface area contributed by atoms with E-state index < -0.39 is 10.0 Å². The zero-order valence-corrected chi connectivity index (χ0v) is 14.0. The molecule has 0 spiro atoms. The molecule has 23 heavy (non-hydrogen) atoms. The van der Waals surface area contributed by atoms with E-state index >= 15 is 0 Å². The van der Waals surface area contributed by atoms with Crippen LogP contribution in [0.5, 0.6) is 5.75 Å². The van der Waals surface area contributed by atoms with E-state index in [4.69, 9.17) is 4.74 Å². The Morgan fingerprint density at radius 1 is 1.35 bits per heavy atom. The van der Waals surface area contributed by atoms with Crippen LogP contribution < -0.4 is 9.46 Å². The summed E-state index contributed by atoms with van der Waals surface area (Å²) in [6.45, 7) is 2.42. The first kappa shape index (κ1) is 15.8. The highest BCUT2D eigenvalue weighted by Crippen LogP contribution is 2.29. The van der Waals surface area contributed by atoms with Crippen molar-refractivity contribution < 1.29 is 13.2 Å². The number of anilines is 1. The van der Waals surface area contributed by atoms with E-state index in [1.165, 1.54) is 25.8 Å². The van der Waals surface area contributed by atoms with Crippen LogP contribution in [-0.2, 0) is 16.6 Å². The van der Waals surface area contributed by atoms with E-state index in [9.17, 15) is 8.42 Å². The Bertz CT molecular complexity index is 797. The van der Waals surface area contributed by atoms with Crippen molar-refractivity contribution in [2.24, 2.45) is 5.92 Å². The molecule has 0 atom stereocenters. The smallest absolute Gasteiger partial charge is 0.280 e. The fraction of sp³-hybridized carbons (Fsp3) is 0.467. The number of nitrogens with one attached hydrogen (secondary N) is 1. The van der Waals surface area contributed by atoms with Crippen molar-refractivity contribution in [1.29, 1.82) is 0 Å². The quantitative estimate of drug-likeness (QED) is 0.874. The van der Waals surface area contributed by atoms with Gasteiger partial charge in [-0.1, -0.05) is 6.42 Å². The first-order chi connectivity index (χ1) is 11.0. The monoisotopic (exact) mass is 336 g/mol. The van der Waals surface area contributed by atoms with Crippen molar-refractivity contribution in [3.63, 3.8) is 0 Å². The van der Waals surface area contributed by atoms with Crippen molar-refractivity contribution in [3.05, 3.63) is 30.1 Å². The molecule has 8 heteroatoms. The molecule has 2 heterocycles. The van der Waals surface area contributed by atoms with Crippen LogP contribution in [0.4, 0.5) is 5.82 Å². The molecular weight excluding hydrogens is 316 g/mol. The number of aromatic nitrogens is 3. The average Bonchev–Trinajstić information content (AvgIpc) is 2.92. The van der Waals surface area contributed by atoms with E-state index in [0.717, 1.165) is 12.8 Å². The van der Waals surface area contributed by atoms with Gasteiger partial charge >= 0.3 is 0 Å². The van der Waals surface area contributed by atoms with Crippen molar-refractivity contribution in [1.82, 2.24) is 14.8 Å². The number of pyridine rings is 1. The van der Waals surface area contributed by atoms with E-state index in [1.54, 1.807) is 23.7 Å². The molecule has 0 unspecified atom stereocenters. The first-order valence-corrected chi connectivity index (χ1v) is 9.04. The molecule has 124 valence electrons. The molecule has 1 fully saturated rings. The third kappa shape index (κ3) is 3.31. The van der Waals surface area contributed by atoms with Gasteiger partial charge in [0.05, 0.1) is 13.3 Å². The predicted molar refractivity (Wildman–Crippen MR) is 85.9 cm³/mol. The minimum atomic E-state index is -3.77. The number of hydrogen-bond donors (Lipinski definition) is 1. The second-order valence-corrected chi connectivity index (χ2v) is 7.39. The summed E-state index contributed by atoms with van der Waals surface area (Å²) < 4.78 is 34.6. The summed E-state index contributed by atoms with van der Waals surface area (Å²) in [4.78, 5) is 4.21. The fourth-order valence-electron chi connectivity index (χ4n) is 2.57. The first-order valence-electron chi connectivity index (χ1n) is 7.56. The zero-order chi connectivity index (χ0) is 16.4. The van der Waals surface area contributed by atoms with E-state index in [-0.39, 0.29) is 10.8 Å². The topological polar surface area (TPSA) is 86.1 Å². The maximum absolute atomic E-state index is 12.7. The number of rotatable bonds is 6. The number of hydrogen-bond acceptors (Lipinski definition) is 5. The van der Waals surface area contributed by atoms with Crippen molar-refractivity contribution >= 4 is 15.8 Å². The van der Waals surface area contributed by atoms with E-state index in [2.05, 4.69) is 14.8 Å². The summed E-state index contributed by atoms with van der Waals surface area (Å²) in [5.74, 6) is 1.07. The molecule has 2 aromatic rings. The Morgan fingerprint density at radius 2 is 2.13 bits per heavy atom. The van der Waals surface area contributed by atoms with Gasteiger partial charge in [0.25, 0.3) is 10.0 Å². The second-order valence-electron chi connectivity index (χ2n) is 5.76. The summed E-state index contributed by atoms with van der Waals surface area (Å²) in [6.07, 6.45) is 4.96. The molecule has 0 aliphatic heterocycles. The summed E-state index contributed by atoms with van der Waals surface area (Å²) in [6, 6.07) is 4.95. The molecule has 7 nitrogen and oxygen atoms in total. The van der Waals surface area contributed by atoms with Gasteiger partial charge in [-0.25, -0.2) is 4.98 Å². The third-order valence-corrected chi connectivity index (χ3v) is 5.42. The lowest BCUT2D eigenvalue weighted by Gasteiger charge is -2.25. The van der Waals surface area contributed by atoms with Crippen LogP contribution in [0.25, 0.3) is 0 Å². The van der Waals surface area contributed by atoms with Crippen LogP contribution >= 0.6 is 0 Å². The second kappa shape index (κ2) is 6.19. The molecule has 1 aliphatic carbocycles. The number of methoxy groups -OCH3 is 1. The molecule has 0 radical (unpaired) electrons. The Labute approximate surface area is 135 Å². The maximum atomic E-state index is 12.7. The lowest BCUT2D eigenvalue weighted by atomic mass is 9.85. The van der Waals surface area contributed by atoms with Crippen LogP contribution in [0.2, 0.25) is 0 Å². The Hall–Kier alpha value is -2.09. The normalized spacial score (nSPS) is 15.2. The van der Waals surface area contributed by atoms with Crippen LogP contribution in [-0.4, -0.2) is 30.3 Å². The van der Waals surface area contributed by atoms with Crippen molar-refractivity contribution in [3.8, 4) is 5.75 Å². The summed E-state index contributed by atoms with van der Waals surface area (Å²) in [5, 5.41) is 4.30. The summed E-state index contributed by atoms with van der Waals surface area (Å²) in [7, 11) is -2.29. The molecule has 3 rings (SSSR count). The number of aryl methyl sites for hydroxylation is 1. The Kier molecular flexibility index (Phi) is 4.25.